The van der Waals surface area contributed by atoms with E-state index in [-0.39, 0.29) is 0 Å². The first-order valence-electron chi connectivity index (χ1n) is 5.75. The fourth-order valence-electron chi connectivity index (χ4n) is 1.72. The molecular weight excluding hydrogens is 252 g/mol. The Morgan fingerprint density at radius 2 is 2.00 bits per heavy atom. The molecule has 2 aromatic heterocycles. The van der Waals surface area contributed by atoms with Crippen LogP contribution in [0.4, 0.5) is 5.13 Å². The quantitative estimate of drug-likeness (QED) is 0.926. The molecule has 1 fully saturated rings. The van der Waals surface area contributed by atoms with Crippen molar-refractivity contribution in [3.05, 3.63) is 10.7 Å². The lowest BCUT2D eigenvalue weighted by atomic mass is 10.1. The molecule has 0 amide bonds. The lowest BCUT2D eigenvalue weighted by Crippen LogP contribution is -1.91. The Kier molecular flexibility index (Phi) is 2.63. The molecule has 3 rings (SSSR count). The Morgan fingerprint density at radius 3 is 2.53 bits per heavy atom. The van der Waals surface area contributed by atoms with Gasteiger partial charge in [-0.2, -0.15) is 0 Å². The van der Waals surface area contributed by atoms with Crippen molar-refractivity contribution in [3.8, 4) is 9.88 Å². The molecule has 90 valence electrons. The van der Waals surface area contributed by atoms with Crippen LogP contribution in [0.15, 0.2) is 0 Å². The van der Waals surface area contributed by atoms with Crippen LogP contribution in [0, 0.1) is 0 Å². The number of nitrogen functional groups attached to an aromatic ring is 1. The predicted octanol–water partition coefficient (Wildman–Crippen LogP) is 3.24. The molecule has 0 bridgehead atoms. The second-order valence-electron chi connectivity index (χ2n) is 4.64. The van der Waals surface area contributed by atoms with Crippen molar-refractivity contribution >= 4 is 27.8 Å². The van der Waals surface area contributed by atoms with E-state index in [2.05, 4.69) is 24.0 Å². The minimum atomic E-state index is 0.416. The molecule has 0 spiro atoms. The third-order valence-electron chi connectivity index (χ3n) is 2.78. The summed E-state index contributed by atoms with van der Waals surface area (Å²) in [6.07, 6.45) is 2.56. The Bertz CT molecular complexity index is 539. The molecule has 2 N–H and O–H groups in total. The molecule has 2 heterocycles. The molecule has 4 nitrogen and oxygen atoms in total. The monoisotopic (exact) mass is 266 g/mol. The second kappa shape index (κ2) is 4.03. The van der Waals surface area contributed by atoms with Crippen LogP contribution in [0.2, 0.25) is 0 Å². The van der Waals surface area contributed by atoms with E-state index in [9.17, 15) is 0 Å². The van der Waals surface area contributed by atoms with Crippen LogP contribution in [0.5, 0.6) is 0 Å². The molecule has 2 aromatic rings. The van der Waals surface area contributed by atoms with E-state index in [1.54, 1.807) is 11.3 Å². The summed E-state index contributed by atoms with van der Waals surface area (Å²) in [4.78, 5) is 5.94. The minimum Gasteiger partial charge on any atom is -0.374 e. The maximum absolute atomic E-state index is 5.65. The summed E-state index contributed by atoms with van der Waals surface area (Å²) in [6.45, 7) is 4.33. The first kappa shape index (κ1) is 11.1. The van der Waals surface area contributed by atoms with Gasteiger partial charge < -0.3 is 5.73 Å². The van der Waals surface area contributed by atoms with Crippen LogP contribution >= 0.6 is 22.7 Å². The molecule has 6 heteroatoms. The van der Waals surface area contributed by atoms with E-state index in [0.717, 1.165) is 15.6 Å². The van der Waals surface area contributed by atoms with Gasteiger partial charge in [0.15, 0.2) is 5.01 Å². The zero-order valence-corrected chi connectivity index (χ0v) is 11.4. The van der Waals surface area contributed by atoms with Gasteiger partial charge in [0, 0.05) is 5.92 Å². The van der Waals surface area contributed by atoms with Crippen molar-refractivity contribution in [1.82, 2.24) is 15.2 Å². The van der Waals surface area contributed by atoms with Gasteiger partial charge in [-0.3, -0.25) is 0 Å². The van der Waals surface area contributed by atoms with E-state index in [1.165, 1.54) is 29.2 Å². The number of aromatic nitrogens is 3. The van der Waals surface area contributed by atoms with E-state index >= 15 is 0 Å². The molecule has 17 heavy (non-hydrogen) atoms. The Labute approximate surface area is 108 Å². The number of thiazole rings is 1. The lowest BCUT2D eigenvalue weighted by molar-refractivity contribution is 0.823. The molecule has 0 atom stereocenters. The first-order valence-corrected chi connectivity index (χ1v) is 7.38. The SMILES string of the molecule is CC(C)c1nc(C2CC2)sc1-c1nnc(N)s1. The lowest BCUT2D eigenvalue weighted by Gasteiger charge is -2.01. The van der Waals surface area contributed by atoms with Gasteiger partial charge in [0.2, 0.25) is 5.13 Å². The molecule has 1 saturated carbocycles. The van der Waals surface area contributed by atoms with Gasteiger partial charge in [-0.1, -0.05) is 25.2 Å². The Hall–Kier alpha value is -1.01. The van der Waals surface area contributed by atoms with Crippen LogP contribution in [0.25, 0.3) is 9.88 Å². The van der Waals surface area contributed by atoms with Gasteiger partial charge >= 0.3 is 0 Å². The maximum atomic E-state index is 5.65. The summed E-state index contributed by atoms with van der Waals surface area (Å²) < 4.78 is 0. The van der Waals surface area contributed by atoms with Gasteiger partial charge in [-0.15, -0.1) is 21.5 Å². The zero-order valence-electron chi connectivity index (χ0n) is 9.80. The third kappa shape index (κ3) is 2.07. The highest BCUT2D eigenvalue weighted by Crippen LogP contribution is 2.46. The second-order valence-corrected chi connectivity index (χ2v) is 6.68. The number of rotatable bonds is 3. The van der Waals surface area contributed by atoms with Crippen molar-refractivity contribution in [2.75, 3.05) is 5.73 Å². The molecule has 0 unspecified atom stereocenters. The van der Waals surface area contributed by atoms with Gasteiger partial charge in [-0.25, -0.2) is 4.98 Å². The van der Waals surface area contributed by atoms with Crippen molar-refractivity contribution in [3.63, 3.8) is 0 Å². The highest BCUT2D eigenvalue weighted by molar-refractivity contribution is 7.23. The van der Waals surface area contributed by atoms with E-state index in [1.807, 2.05) is 0 Å². The molecule has 0 saturated heterocycles. The third-order valence-corrected chi connectivity index (χ3v) is 4.92. The first-order chi connectivity index (χ1) is 8.15. The smallest absolute Gasteiger partial charge is 0.203 e. The van der Waals surface area contributed by atoms with Crippen LogP contribution in [0.1, 0.15) is 49.2 Å². The average Bonchev–Trinajstić information content (AvgIpc) is 2.88. The maximum Gasteiger partial charge on any atom is 0.203 e. The Balaban J connectivity index is 2.07. The number of nitrogens with two attached hydrogens (primary N) is 1. The highest BCUT2D eigenvalue weighted by Gasteiger charge is 2.29. The fraction of sp³-hybridized carbons (Fsp3) is 0.545. The van der Waals surface area contributed by atoms with Gasteiger partial charge in [-0.05, 0) is 18.8 Å². The minimum absolute atomic E-state index is 0.416. The van der Waals surface area contributed by atoms with Crippen molar-refractivity contribution in [2.24, 2.45) is 0 Å². The highest BCUT2D eigenvalue weighted by atomic mass is 32.1. The summed E-state index contributed by atoms with van der Waals surface area (Å²) in [5.74, 6) is 1.11. The van der Waals surface area contributed by atoms with Crippen LogP contribution < -0.4 is 5.73 Å². The standard InChI is InChI=1S/C11H14N4S2/c1-5(2)7-8(10-14-15-11(12)17-10)16-9(13-7)6-3-4-6/h5-6H,3-4H2,1-2H3,(H2,12,15). The largest absolute Gasteiger partial charge is 0.374 e. The van der Waals surface area contributed by atoms with Gasteiger partial charge in [0.1, 0.15) is 0 Å². The summed E-state index contributed by atoms with van der Waals surface area (Å²) >= 11 is 3.21. The predicted molar refractivity (Wildman–Crippen MR) is 71.5 cm³/mol. The number of hydrogen-bond donors (Lipinski definition) is 1. The van der Waals surface area contributed by atoms with Crippen molar-refractivity contribution in [1.29, 1.82) is 0 Å². The fourth-order valence-corrected chi connectivity index (χ4v) is 3.80. The van der Waals surface area contributed by atoms with E-state index in [4.69, 9.17) is 10.7 Å². The molecule has 0 aliphatic heterocycles. The molecular formula is C11H14N4S2. The number of hydrogen-bond acceptors (Lipinski definition) is 6. The zero-order chi connectivity index (χ0) is 12.0. The molecule has 1 aliphatic rings. The number of anilines is 1. The van der Waals surface area contributed by atoms with Crippen molar-refractivity contribution in [2.45, 2.75) is 38.5 Å². The van der Waals surface area contributed by atoms with Crippen LogP contribution in [-0.4, -0.2) is 15.2 Å². The topological polar surface area (TPSA) is 64.7 Å². The summed E-state index contributed by atoms with van der Waals surface area (Å²) in [5.41, 5.74) is 6.80. The Morgan fingerprint density at radius 1 is 1.24 bits per heavy atom. The van der Waals surface area contributed by atoms with Crippen LogP contribution in [0.3, 0.4) is 0 Å². The van der Waals surface area contributed by atoms with Crippen LogP contribution in [-0.2, 0) is 0 Å². The molecule has 0 radical (unpaired) electrons. The van der Waals surface area contributed by atoms with E-state index < -0.39 is 0 Å². The molecule has 1 aliphatic carbocycles. The number of nitrogens with zero attached hydrogens (tertiary/aromatic N) is 3. The summed E-state index contributed by atoms with van der Waals surface area (Å²) in [7, 11) is 0. The van der Waals surface area contributed by atoms with Gasteiger partial charge in [0.25, 0.3) is 0 Å². The molecule has 0 aromatic carbocycles. The summed E-state index contributed by atoms with van der Waals surface area (Å²) in [5, 5.41) is 10.7. The van der Waals surface area contributed by atoms with Gasteiger partial charge in [0.05, 0.1) is 15.6 Å². The summed E-state index contributed by atoms with van der Waals surface area (Å²) in [6, 6.07) is 0. The average molecular weight is 266 g/mol. The van der Waals surface area contributed by atoms with Crippen molar-refractivity contribution < 1.29 is 0 Å². The van der Waals surface area contributed by atoms with E-state index in [0.29, 0.717) is 17.0 Å². The normalized spacial score (nSPS) is 15.7.